The number of esters is 1. The summed E-state index contributed by atoms with van der Waals surface area (Å²) in [6.45, 7) is 2.19. The second-order valence-electron chi connectivity index (χ2n) is 5.65. The monoisotopic (exact) mass is 386 g/mol. The minimum absolute atomic E-state index is 0.00774. The largest absolute Gasteiger partial charge is 0.494 e. The lowest BCUT2D eigenvalue weighted by Crippen LogP contribution is -2.21. The van der Waals surface area contributed by atoms with Crippen molar-refractivity contribution >= 4 is 23.5 Å². The number of anilines is 1. The maximum Gasteiger partial charge on any atom is 0.309 e. The molecule has 0 aromatic heterocycles. The number of amides is 2. The highest BCUT2D eigenvalue weighted by molar-refractivity contribution is 5.95. The van der Waals surface area contributed by atoms with E-state index < -0.39 is 24.4 Å². The summed E-state index contributed by atoms with van der Waals surface area (Å²) in [5.41, 5.74) is 5.94. The molecule has 2 aromatic carbocycles. The molecule has 0 bridgehead atoms. The third-order valence-corrected chi connectivity index (χ3v) is 3.53. The highest BCUT2D eigenvalue weighted by Crippen LogP contribution is 2.17. The Bertz CT molecular complexity index is 802. The minimum atomic E-state index is -0.556. The van der Waals surface area contributed by atoms with Crippen LogP contribution in [0.4, 0.5) is 5.69 Å². The summed E-state index contributed by atoms with van der Waals surface area (Å²) >= 11 is 0. The first-order chi connectivity index (χ1) is 13.5. The lowest BCUT2D eigenvalue weighted by Gasteiger charge is -2.09. The van der Waals surface area contributed by atoms with E-state index in [1.807, 2.05) is 6.92 Å². The molecule has 148 valence electrons. The quantitative estimate of drug-likeness (QED) is 0.604. The van der Waals surface area contributed by atoms with E-state index in [2.05, 4.69) is 5.32 Å². The first-order valence-electron chi connectivity index (χ1n) is 8.69. The van der Waals surface area contributed by atoms with E-state index in [4.69, 9.17) is 19.9 Å². The highest BCUT2D eigenvalue weighted by atomic mass is 16.5. The number of carbonyl (C=O) groups excluding carboxylic acids is 3. The maximum atomic E-state index is 11.8. The molecule has 28 heavy (non-hydrogen) atoms. The van der Waals surface area contributed by atoms with Crippen LogP contribution in [-0.2, 0) is 14.3 Å². The van der Waals surface area contributed by atoms with Crippen molar-refractivity contribution in [1.29, 1.82) is 0 Å². The van der Waals surface area contributed by atoms with Gasteiger partial charge in [-0.2, -0.15) is 0 Å². The third kappa shape index (κ3) is 6.99. The Balaban J connectivity index is 1.66. The summed E-state index contributed by atoms with van der Waals surface area (Å²) in [6.07, 6.45) is 0.00774. The van der Waals surface area contributed by atoms with E-state index in [1.165, 1.54) is 24.3 Å². The standard InChI is InChI=1S/C20H22N2O6/c1-2-26-16-7-9-17(10-8-16)27-12-11-19(24)28-13-18(23)22-15-5-3-14(4-6-15)20(21)25/h3-10H,2,11-13H2,1H3,(H2,21,25)(H,22,23). The zero-order valence-corrected chi connectivity index (χ0v) is 15.5. The molecule has 0 aliphatic rings. The SMILES string of the molecule is CCOc1ccc(OCCC(=O)OCC(=O)Nc2ccc(C(N)=O)cc2)cc1. The molecule has 0 atom stereocenters. The van der Waals surface area contributed by atoms with E-state index in [0.717, 1.165) is 5.75 Å². The average Bonchev–Trinajstić information content (AvgIpc) is 2.68. The summed E-state index contributed by atoms with van der Waals surface area (Å²) < 4.78 is 15.7. The van der Waals surface area contributed by atoms with Crippen LogP contribution >= 0.6 is 0 Å². The number of benzene rings is 2. The number of primary amides is 1. The lowest BCUT2D eigenvalue weighted by atomic mass is 10.2. The van der Waals surface area contributed by atoms with Crippen molar-refractivity contribution in [2.24, 2.45) is 5.73 Å². The molecule has 0 radical (unpaired) electrons. The molecule has 0 fully saturated rings. The summed E-state index contributed by atoms with van der Waals surface area (Å²) in [6, 6.07) is 13.1. The molecule has 0 saturated carbocycles. The highest BCUT2D eigenvalue weighted by Gasteiger charge is 2.09. The molecule has 8 heteroatoms. The topological polar surface area (TPSA) is 117 Å². The fraction of sp³-hybridized carbons (Fsp3) is 0.250. The van der Waals surface area contributed by atoms with Gasteiger partial charge in [-0.05, 0) is 55.5 Å². The summed E-state index contributed by atoms with van der Waals surface area (Å²) in [4.78, 5) is 34.5. The van der Waals surface area contributed by atoms with Crippen LogP contribution in [-0.4, -0.2) is 37.6 Å². The fourth-order valence-corrected chi connectivity index (χ4v) is 2.18. The maximum absolute atomic E-state index is 11.8. The van der Waals surface area contributed by atoms with Crippen molar-refractivity contribution in [1.82, 2.24) is 0 Å². The summed E-state index contributed by atoms with van der Waals surface area (Å²) in [7, 11) is 0. The van der Waals surface area contributed by atoms with Crippen LogP contribution in [0.2, 0.25) is 0 Å². The Hall–Kier alpha value is -3.55. The molecule has 0 spiro atoms. The molecule has 0 heterocycles. The van der Waals surface area contributed by atoms with E-state index in [1.54, 1.807) is 24.3 Å². The van der Waals surface area contributed by atoms with E-state index in [0.29, 0.717) is 23.6 Å². The number of rotatable bonds is 10. The summed E-state index contributed by atoms with van der Waals surface area (Å²) in [5.74, 6) is -0.255. The van der Waals surface area contributed by atoms with Gasteiger partial charge in [0.1, 0.15) is 11.5 Å². The minimum Gasteiger partial charge on any atom is -0.494 e. The molecular formula is C20H22N2O6. The van der Waals surface area contributed by atoms with Crippen LogP contribution < -0.4 is 20.5 Å². The second kappa shape index (κ2) is 10.6. The van der Waals surface area contributed by atoms with Gasteiger partial charge in [-0.1, -0.05) is 0 Å². The predicted molar refractivity (Wildman–Crippen MR) is 102 cm³/mol. The Morgan fingerprint density at radius 2 is 1.54 bits per heavy atom. The van der Waals surface area contributed by atoms with Crippen molar-refractivity contribution in [2.45, 2.75) is 13.3 Å². The molecular weight excluding hydrogens is 364 g/mol. The van der Waals surface area contributed by atoms with Crippen LogP contribution in [0, 0.1) is 0 Å². The van der Waals surface area contributed by atoms with Gasteiger partial charge in [-0.15, -0.1) is 0 Å². The zero-order valence-electron chi connectivity index (χ0n) is 15.5. The van der Waals surface area contributed by atoms with Crippen LogP contribution in [0.25, 0.3) is 0 Å². The second-order valence-corrected chi connectivity index (χ2v) is 5.65. The molecule has 0 saturated heterocycles. The first-order valence-corrected chi connectivity index (χ1v) is 8.69. The Morgan fingerprint density at radius 1 is 0.929 bits per heavy atom. The molecule has 3 N–H and O–H groups in total. The number of nitrogens with two attached hydrogens (primary N) is 1. The van der Waals surface area contributed by atoms with E-state index in [-0.39, 0.29) is 13.0 Å². The Kier molecular flexibility index (Phi) is 7.83. The number of ether oxygens (including phenoxy) is 3. The van der Waals surface area contributed by atoms with Gasteiger partial charge in [0.05, 0.1) is 19.6 Å². The van der Waals surface area contributed by atoms with Gasteiger partial charge in [-0.25, -0.2) is 0 Å². The normalized spacial score (nSPS) is 10.0. The van der Waals surface area contributed by atoms with Gasteiger partial charge in [-0.3, -0.25) is 14.4 Å². The van der Waals surface area contributed by atoms with Gasteiger partial charge in [0.25, 0.3) is 5.91 Å². The Labute approximate surface area is 162 Å². The first kappa shape index (κ1) is 20.8. The van der Waals surface area contributed by atoms with Crippen molar-refractivity contribution in [3.8, 4) is 11.5 Å². The van der Waals surface area contributed by atoms with Crippen molar-refractivity contribution in [2.75, 3.05) is 25.1 Å². The van der Waals surface area contributed by atoms with Gasteiger partial charge in [0, 0.05) is 11.3 Å². The molecule has 2 amide bonds. The van der Waals surface area contributed by atoms with Crippen molar-refractivity contribution < 1.29 is 28.6 Å². The molecule has 0 aliphatic heterocycles. The smallest absolute Gasteiger partial charge is 0.309 e. The van der Waals surface area contributed by atoms with Gasteiger partial charge >= 0.3 is 5.97 Å². The van der Waals surface area contributed by atoms with Crippen molar-refractivity contribution in [3.05, 3.63) is 54.1 Å². The van der Waals surface area contributed by atoms with Gasteiger partial charge in [0.15, 0.2) is 6.61 Å². The summed E-state index contributed by atoms with van der Waals surface area (Å²) in [5, 5.41) is 2.55. The van der Waals surface area contributed by atoms with E-state index >= 15 is 0 Å². The number of hydrogen-bond acceptors (Lipinski definition) is 6. The number of hydrogen-bond donors (Lipinski definition) is 2. The van der Waals surface area contributed by atoms with Crippen LogP contribution in [0.3, 0.4) is 0 Å². The molecule has 0 aliphatic carbocycles. The molecule has 8 nitrogen and oxygen atoms in total. The number of carbonyl (C=O) groups is 3. The zero-order chi connectivity index (χ0) is 20.4. The number of nitrogens with one attached hydrogen (secondary N) is 1. The predicted octanol–water partition coefficient (Wildman–Crippen LogP) is 2.13. The van der Waals surface area contributed by atoms with Crippen LogP contribution in [0.15, 0.2) is 48.5 Å². The van der Waals surface area contributed by atoms with Crippen LogP contribution in [0.5, 0.6) is 11.5 Å². The van der Waals surface area contributed by atoms with Crippen LogP contribution in [0.1, 0.15) is 23.7 Å². The average molecular weight is 386 g/mol. The Morgan fingerprint density at radius 3 is 2.11 bits per heavy atom. The van der Waals surface area contributed by atoms with Gasteiger partial charge < -0.3 is 25.3 Å². The lowest BCUT2D eigenvalue weighted by molar-refractivity contribution is -0.147. The van der Waals surface area contributed by atoms with Crippen molar-refractivity contribution in [3.63, 3.8) is 0 Å². The van der Waals surface area contributed by atoms with Gasteiger partial charge in [0.2, 0.25) is 5.91 Å². The fourth-order valence-electron chi connectivity index (χ4n) is 2.18. The van der Waals surface area contributed by atoms with E-state index in [9.17, 15) is 14.4 Å². The molecule has 0 unspecified atom stereocenters. The molecule has 2 aromatic rings. The third-order valence-electron chi connectivity index (χ3n) is 3.53. The molecule has 2 rings (SSSR count).